The number of nitro benzene ring substituents is 1. The molecule has 3 aromatic rings. The van der Waals surface area contributed by atoms with Gasteiger partial charge in [0.1, 0.15) is 5.01 Å². The molecule has 28 heavy (non-hydrogen) atoms. The summed E-state index contributed by atoms with van der Waals surface area (Å²) < 4.78 is 0. The molecule has 0 bridgehead atoms. The Bertz CT molecular complexity index is 997. The highest BCUT2D eigenvalue weighted by molar-refractivity contribution is 7.19. The zero-order chi connectivity index (χ0) is 19.5. The Labute approximate surface area is 169 Å². The Morgan fingerprint density at radius 3 is 2.71 bits per heavy atom. The summed E-state index contributed by atoms with van der Waals surface area (Å²) >= 11 is 2.83. The highest BCUT2D eigenvalue weighted by Gasteiger charge is 2.23. The standard InChI is InChI=1S/C18H17N5O3S2/c24-16(19-18-21-20-17(28-18)12-6-9-27-11-12)14-10-13(23(25)26)4-5-15(14)22-7-2-1-3-8-22/h4-6,9-11H,1-3,7-8H2,(H,19,21,24). The number of nitrogens with zero attached hydrogens (tertiary/aromatic N) is 4. The summed E-state index contributed by atoms with van der Waals surface area (Å²) in [6.45, 7) is 1.67. The lowest BCUT2D eigenvalue weighted by atomic mass is 10.1. The fourth-order valence-electron chi connectivity index (χ4n) is 3.17. The van der Waals surface area contributed by atoms with Gasteiger partial charge in [-0.3, -0.25) is 20.2 Å². The molecule has 144 valence electrons. The highest BCUT2D eigenvalue weighted by atomic mass is 32.1. The van der Waals surface area contributed by atoms with E-state index < -0.39 is 10.8 Å². The second-order valence-electron chi connectivity index (χ2n) is 6.38. The number of anilines is 2. The molecule has 1 fully saturated rings. The molecule has 0 saturated carbocycles. The van der Waals surface area contributed by atoms with Crippen LogP contribution in [0.25, 0.3) is 10.6 Å². The molecule has 10 heteroatoms. The zero-order valence-electron chi connectivity index (χ0n) is 14.8. The third kappa shape index (κ3) is 3.87. The van der Waals surface area contributed by atoms with Crippen LogP contribution in [0.2, 0.25) is 0 Å². The molecule has 1 N–H and O–H groups in total. The van der Waals surface area contributed by atoms with Crippen LogP contribution < -0.4 is 10.2 Å². The van der Waals surface area contributed by atoms with Gasteiger partial charge in [0.25, 0.3) is 11.6 Å². The third-order valence-corrected chi connectivity index (χ3v) is 6.12. The highest BCUT2D eigenvalue weighted by Crippen LogP contribution is 2.31. The van der Waals surface area contributed by atoms with Crippen LogP contribution in [0.1, 0.15) is 29.6 Å². The van der Waals surface area contributed by atoms with Gasteiger partial charge in [-0.15, -0.1) is 10.2 Å². The number of thiophene rings is 1. The summed E-state index contributed by atoms with van der Waals surface area (Å²) in [5.41, 5.74) is 1.84. The fraction of sp³-hybridized carbons (Fsp3) is 0.278. The van der Waals surface area contributed by atoms with Gasteiger partial charge in [0.2, 0.25) is 5.13 Å². The fourth-order valence-corrected chi connectivity index (χ4v) is 4.62. The molecule has 0 radical (unpaired) electrons. The first kappa shape index (κ1) is 18.5. The van der Waals surface area contributed by atoms with Crippen LogP contribution in [0.4, 0.5) is 16.5 Å². The third-order valence-electron chi connectivity index (χ3n) is 4.55. The minimum Gasteiger partial charge on any atom is -0.371 e. The predicted molar refractivity (Wildman–Crippen MR) is 110 cm³/mol. The first-order valence-electron chi connectivity index (χ1n) is 8.82. The number of piperidine rings is 1. The number of hydrogen-bond donors (Lipinski definition) is 1. The van der Waals surface area contributed by atoms with Crippen LogP contribution >= 0.6 is 22.7 Å². The summed E-state index contributed by atoms with van der Waals surface area (Å²) in [6, 6.07) is 6.38. The van der Waals surface area contributed by atoms with E-state index in [1.807, 2.05) is 16.8 Å². The van der Waals surface area contributed by atoms with Gasteiger partial charge >= 0.3 is 0 Å². The van der Waals surface area contributed by atoms with Crippen molar-refractivity contribution in [1.29, 1.82) is 0 Å². The Kier molecular flexibility index (Phi) is 5.31. The Balaban J connectivity index is 1.61. The number of nitro groups is 1. The minimum atomic E-state index is -0.490. The number of amides is 1. The van der Waals surface area contributed by atoms with Crippen LogP contribution in [0, 0.1) is 10.1 Å². The monoisotopic (exact) mass is 415 g/mol. The van der Waals surface area contributed by atoms with Crippen LogP contribution in [0.3, 0.4) is 0 Å². The molecule has 4 rings (SSSR count). The molecule has 0 spiro atoms. The van der Waals surface area contributed by atoms with Crippen molar-refractivity contribution in [3.8, 4) is 10.6 Å². The summed E-state index contributed by atoms with van der Waals surface area (Å²) in [6.07, 6.45) is 3.23. The number of aromatic nitrogens is 2. The van der Waals surface area contributed by atoms with E-state index >= 15 is 0 Å². The number of carbonyl (C=O) groups excluding carboxylic acids is 1. The van der Waals surface area contributed by atoms with Gasteiger partial charge in [-0.2, -0.15) is 11.3 Å². The molecular weight excluding hydrogens is 398 g/mol. The molecular formula is C18H17N5O3S2. The number of hydrogen-bond acceptors (Lipinski definition) is 8. The maximum atomic E-state index is 12.9. The quantitative estimate of drug-likeness (QED) is 0.489. The molecule has 1 aromatic carbocycles. The van der Waals surface area contributed by atoms with E-state index in [9.17, 15) is 14.9 Å². The van der Waals surface area contributed by atoms with Gasteiger partial charge in [0, 0.05) is 36.2 Å². The molecule has 1 aliphatic rings. The molecule has 1 saturated heterocycles. The van der Waals surface area contributed by atoms with E-state index in [2.05, 4.69) is 20.4 Å². The van der Waals surface area contributed by atoms with Gasteiger partial charge in [-0.05, 0) is 36.8 Å². The summed E-state index contributed by atoms with van der Waals surface area (Å²) in [5, 5.41) is 27.1. The van der Waals surface area contributed by atoms with Crippen LogP contribution in [0.5, 0.6) is 0 Å². The molecule has 0 aliphatic carbocycles. The Morgan fingerprint density at radius 1 is 1.18 bits per heavy atom. The molecule has 1 aliphatic heterocycles. The Morgan fingerprint density at radius 2 is 2.00 bits per heavy atom. The van der Waals surface area contributed by atoms with Crippen molar-refractivity contribution >= 4 is 45.1 Å². The number of non-ortho nitro benzene ring substituents is 1. The van der Waals surface area contributed by atoms with Gasteiger partial charge in [0.15, 0.2) is 0 Å². The topological polar surface area (TPSA) is 101 Å². The van der Waals surface area contributed by atoms with E-state index in [0.29, 0.717) is 15.8 Å². The van der Waals surface area contributed by atoms with E-state index in [-0.39, 0.29) is 11.3 Å². The number of benzene rings is 1. The largest absolute Gasteiger partial charge is 0.371 e. The first-order valence-corrected chi connectivity index (χ1v) is 10.6. The molecule has 2 aromatic heterocycles. The number of carbonyl (C=O) groups is 1. The smallest absolute Gasteiger partial charge is 0.270 e. The van der Waals surface area contributed by atoms with Crippen LogP contribution in [-0.2, 0) is 0 Å². The second-order valence-corrected chi connectivity index (χ2v) is 8.14. The maximum Gasteiger partial charge on any atom is 0.270 e. The SMILES string of the molecule is O=C(Nc1nnc(-c2ccsc2)s1)c1cc([N+](=O)[O-])ccc1N1CCCCC1. The van der Waals surface area contributed by atoms with Crippen molar-refractivity contribution < 1.29 is 9.72 Å². The average Bonchev–Trinajstić information content (AvgIpc) is 3.40. The van der Waals surface area contributed by atoms with E-state index in [1.165, 1.54) is 23.5 Å². The Hall–Kier alpha value is -2.85. The number of nitrogens with one attached hydrogen (secondary N) is 1. The maximum absolute atomic E-state index is 12.9. The van der Waals surface area contributed by atoms with Gasteiger partial charge in [0.05, 0.1) is 16.2 Å². The lowest BCUT2D eigenvalue weighted by Gasteiger charge is -2.30. The number of rotatable bonds is 5. The van der Waals surface area contributed by atoms with E-state index in [1.54, 1.807) is 17.4 Å². The molecule has 1 amide bonds. The summed E-state index contributed by atoms with van der Waals surface area (Å²) in [7, 11) is 0. The van der Waals surface area contributed by atoms with Gasteiger partial charge < -0.3 is 4.90 Å². The van der Waals surface area contributed by atoms with Crippen LogP contribution in [-0.4, -0.2) is 34.1 Å². The van der Waals surface area contributed by atoms with E-state index in [0.717, 1.165) is 37.9 Å². The molecule has 0 unspecified atom stereocenters. The van der Waals surface area contributed by atoms with Crippen molar-refractivity contribution in [2.24, 2.45) is 0 Å². The average molecular weight is 416 g/mol. The predicted octanol–water partition coefficient (Wildman–Crippen LogP) is 4.42. The molecule has 0 atom stereocenters. The van der Waals surface area contributed by atoms with Crippen molar-refractivity contribution in [3.63, 3.8) is 0 Å². The molecule has 3 heterocycles. The van der Waals surface area contributed by atoms with Crippen molar-refractivity contribution in [1.82, 2.24) is 10.2 Å². The van der Waals surface area contributed by atoms with Gasteiger partial charge in [-0.25, -0.2) is 0 Å². The lowest BCUT2D eigenvalue weighted by molar-refractivity contribution is -0.384. The van der Waals surface area contributed by atoms with Crippen molar-refractivity contribution in [2.75, 3.05) is 23.3 Å². The van der Waals surface area contributed by atoms with Crippen molar-refractivity contribution in [3.05, 3.63) is 50.7 Å². The second kappa shape index (κ2) is 8.03. The van der Waals surface area contributed by atoms with Crippen molar-refractivity contribution in [2.45, 2.75) is 19.3 Å². The molecule has 8 nitrogen and oxygen atoms in total. The summed E-state index contributed by atoms with van der Waals surface area (Å²) in [4.78, 5) is 25.7. The zero-order valence-corrected chi connectivity index (χ0v) is 16.5. The normalized spacial score (nSPS) is 14.1. The first-order chi connectivity index (χ1) is 13.6. The van der Waals surface area contributed by atoms with Gasteiger partial charge in [-0.1, -0.05) is 11.3 Å². The minimum absolute atomic E-state index is 0.109. The lowest BCUT2D eigenvalue weighted by Crippen LogP contribution is -2.31. The van der Waals surface area contributed by atoms with Crippen LogP contribution in [0.15, 0.2) is 35.0 Å². The van der Waals surface area contributed by atoms with E-state index in [4.69, 9.17) is 0 Å². The summed E-state index contributed by atoms with van der Waals surface area (Å²) in [5.74, 6) is -0.419.